The topological polar surface area (TPSA) is 94.5 Å². The SMILES string of the molecule is CNC1=CC=C(c2ccn3c(-c4cccc(NC(=O)NCC(F)(F)F)c4)cnc3c2)NN1. The van der Waals surface area contributed by atoms with E-state index in [1.165, 1.54) is 0 Å². The number of carbonyl (C=O) groups is 1. The van der Waals surface area contributed by atoms with Crippen molar-refractivity contribution in [3.05, 3.63) is 72.3 Å². The minimum Gasteiger partial charge on any atom is -0.374 e. The molecule has 3 heterocycles. The van der Waals surface area contributed by atoms with Gasteiger partial charge < -0.3 is 16.0 Å². The highest BCUT2D eigenvalue weighted by atomic mass is 19.4. The van der Waals surface area contributed by atoms with Crippen LogP contribution in [-0.4, -0.2) is 35.2 Å². The second-order valence-corrected chi connectivity index (χ2v) is 6.95. The van der Waals surface area contributed by atoms with Crippen LogP contribution in [0.4, 0.5) is 23.7 Å². The molecule has 0 saturated heterocycles. The number of benzene rings is 1. The van der Waals surface area contributed by atoms with Crippen LogP contribution in [0.5, 0.6) is 0 Å². The molecule has 2 amide bonds. The number of nitrogens with zero attached hydrogens (tertiary/aromatic N) is 2. The summed E-state index contributed by atoms with van der Waals surface area (Å²) in [6.07, 6.45) is 2.96. The van der Waals surface area contributed by atoms with Gasteiger partial charge in [0.25, 0.3) is 0 Å². The molecular formula is C21H20F3N7O. The lowest BCUT2D eigenvalue weighted by atomic mass is 10.1. The lowest BCUT2D eigenvalue weighted by Crippen LogP contribution is -2.36. The van der Waals surface area contributed by atoms with Crippen LogP contribution in [0, 0.1) is 0 Å². The Bertz CT molecular complexity index is 1210. The highest BCUT2D eigenvalue weighted by Gasteiger charge is 2.27. The first-order chi connectivity index (χ1) is 15.3. The molecule has 11 heteroatoms. The molecule has 0 spiro atoms. The molecular weight excluding hydrogens is 423 g/mol. The molecule has 32 heavy (non-hydrogen) atoms. The molecule has 0 atom stereocenters. The third-order valence-corrected chi connectivity index (χ3v) is 4.71. The quantitative estimate of drug-likeness (QED) is 0.418. The van der Waals surface area contributed by atoms with Gasteiger partial charge in [0.15, 0.2) is 0 Å². The zero-order valence-corrected chi connectivity index (χ0v) is 16.9. The average Bonchev–Trinajstić information content (AvgIpc) is 3.21. The van der Waals surface area contributed by atoms with Gasteiger partial charge in [-0.3, -0.25) is 15.3 Å². The van der Waals surface area contributed by atoms with Crippen molar-refractivity contribution in [2.24, 2.45) is 0 Å². The molecule has 0 bridgehead atoms. The first-order valence-electron chi connectivity index (χ1n) is 9.64. The number of fused-ring (bicyclic) bond motifs is 1. The minimum absolute atomic E-state index is 0.364. The van der Waals surface area contributed by atoms with E-state index in [9.17, 15) is 18.0 Å². The van der Waals surface area contributed by atoms with Gasteiger partial charge in [-0.05, 0) is 36.4 Å². The summed E-state index contributed by atoms with van der Waals surface area (Å²) in [5.41, 5.74) is 10.6. The molecule has 3 aromatic rings. The summed E-state index contributed by atoms with van der Waals surface area (Å²) in [6, 6.07) is 9.73. The number of hydrogen-bond donors (Lipinski definition) is 5. The number of halogens is 3. The molecule has 0 unspecified atom stereocenters. The van der Waals surface area contributed by atoms with Crippen molar-refractivity contribution in [3.63, 3.8) is 0 Å². The van der Waals surface area contributed by atoms with Crippen molar-refractivity contribution >= 4 is 23.1 Å². The summed E-state index contributed by atoms with van der Waals surface area (Å²) in [5, 5.41) is 7.20. The summed E-state index contributed by atoms with van der Waals surface area (Å²) in [4.78, 5) is 16.2. The van der Waals surface area contributed by atoms with E-state index in [1.54, 1.807) is 29.7 Å². The Hall–Kier alpha value is -4.15. The Labute approximate surface area is 181 Å². The van der Waals surface area contributed by atoms with Crippen molar-refractivity contribution in [2.45, 2.75) is 6.18 Å². The van der Waals surface area contributed by atoms with Gasteiger partial charge in [0.05, 0.1) is 17.6 Å². The number of aromatic nitrogens is 2. The second-order valence-electron chi connectivity index (χ2n) is 6.95. The highest BCUT2D eigenvalue weighted by Crippen LogP contribution is 2.25. The number of imidazole rings is 1. The second kappa shape index (κ2) is 8.53. The van der Waals surface area contributed by atoms with E-state index >= 15 is 0 Å². The van der Waals surface area contributed by atoms with Crippen LogP contribution in [0.25, 0.3) is 22.6 Å². The van der Waals surface area contributed by atoms with E-state index in [4.69, 9.17) is 0 Å². The van der Waals surface area contributed by atoms with Crippen molar-refractivity contribution in [1.29, 1.82) is 0 Å². The lowest BCUT2D eigenvalue weighted by molar-refractivity contribution is -0.122. The Kier molecular flexibility index (Phi) is 5.63. The number of pyridine rings is 1. The Morgan fingerprint density at radius 2 is 1.97 bits per heavy atom. The predicted molar refractivity (Wildman–Crippen MR) is 115 cm³/mol. The molecule has 4 rings (SSSR count). The number of alkyl halides is 3. The maximum atomic E-state index is 12.3. The Balaban J connectivity index is 1.54. The fourth-order valence-corrected chi connectivity index (χ4v) is 3.17. The number of urea groups is 1. The summed E-state index contributed by atoms with van der Waals surface area (Å²) < 4.78 is 38.7. The monoisotopic (exact) mass is 443 g/mol. The first-order valence-corrected chi connectivity index (χ1v) is 9.64. The van der Waals surface area contributed by atoms with E-state index in [2.05, 4.69) is 26.5 Å². The lowest BCUT2D eigenvalue weighted by Gasteiger charge is -2.19. The number of hydrazine groups is 1. The van der Waals surface area contributed by atoms with E-state index in [0.717, 1.165) is 28.3 Å². The van der Waals surface area contributed by atoms with Crippen LogP contribution in [0.1, 0.15) is 5.56 Å². The summed E-state index contributed by atoms with van der Waals surface area (Å²) in [7, 11) is 1.82. The van der Waals surface area contributed by atoms with E-state index in [0.29, 0.717) is 11.3 Å². The van der Waals surface area contributed by atoms with Crippen molar-refractivity contribution in [1.82, 2.24) is 30.9 Å². The molecule has 1 aromatic carbocycles. The molecule has 5 N–H and O–H groups in total. The van der Waals surface area contributed by atoms with Gasteiger partial charge in [0.2, 0.25) is 0 Å². The number of amides is 2. The summed E-state index contributed by atoms with van der Waals surface area (Å²) >= 11 is 0. The average molecular weight is 443 g/mol. The van der Waals surface area contributed by atoms with Crippen molar-refractivity contribution < 1.29 is 18.0 Å². The number of anilines is 1. The van der Waals surface area contributed by atoms with Crippen molar-refractivity contribution in [3.8, 4) is 11.3 Å². The smallest absolute Gasteiger partial charge is 0.374 e. The zero-order chi connectivity index (χ0) is 22.7. The van der Waals surface area contributed by atoms with Gasteiger partial charge in [0.1, 0.15) is 18.0 Å². The Morgan fingerprint density at radius 3 is 2.69 bits per heavy atom. The maximum absolute atomic E-state index is 12.3. The van der Waals surface area contributed by atoms with Crippen LogP contribution in [0.2, 0.25) is 0 Å². The number of hydrogen-bond acceptors (Lipinski definition) is 5. The summed E-state index contributed by atoms with van der Waals surface area (Å²) in [5.74, 6) is 0.846. The molecule has 0 saturated carbocycles. The van der Waals surface area contributed by atoms with Gasteiger partial charge in [-0.25, -0.2) is 9.78 Å². The largest absolute Gasteiger partial charge is 0.405 e. The van der Waals surface area contributed by atoms with Gasteiger partial charge >= 0.3 is 12.2 Å². The van der Waals surface area contributed by atoms with Gasteiger partial charge in [0, 0.05) is 30.1 Å². The van der Waals surface area contributed by atoms with Crippen LogP contribution in [0.15, 0.2) is 66.8 Å². The Morgan fingerprint density at radius 1 is 1.12 bits per heavy atom. The normalized spacial score (nSPS) is 13.5. The standard InChI is InChI=1S/C21H20F3N7O/c1-25-18-6-5-16(29-30-18)13-7-8-31-17(11-26-19(31)10-13)14-3-2-4-15(9-14)28-20(32)27-12-21(22,23)24/h2-11,25,29-30H,12H2,1H3,(H2,27,28,32). The maximum Gasteiger partial charge on any atom is 0.405 e. The molecule has 0 aliphatic carbocycles. The predicted octanol–water partition coefficient (Wildman–Crippen LogP) is 3.19. The van der Waals surface area contributed by atoms with E-state index in [-0.39, 0.29) is 0 Å². The van der Waals surface area contributed by atoms with Gasteiger partial charge in [-0.2, -0.15) is 13.2 Å². The molecule has 1 aliphatic heterocycles. The molecule has 0 fully saturated rings. The van der Waals surface area contributed by atoms with Crippen LogP contribution in [-0.2, 0) is 0 Å². The minimum atomic E-state index is -4.47. The van der Waals surface area contributed by atoms with Crippen LogP contribution < -0.4 is 26.8 Å². The van der Waals surface area contributed by atoms with E-state index in [1.807, 2.05) is 48.0 Å². The third kappa shape index (κ3) is 4.77. The fraction of sp³-hybridized carbons (Fsp3) is 0.143. The third-order valence-electron chi connectivity index (χ3n) is 4.71. The number of nitrogens with one attached hydrogen (secondary N) is 5. The number of carbonyl (C=O) groups excluding carboxylic acids is 1. The molecule has 166 valence electrons. The molecule has 2 aromatic heterocycles. The zero-order valence-electron chi connectivity index (χ0n) is 16.9. The molecule has 8 nitrogen and oxygen atoms in total. The molecule has 1 aliphatic rings. The number of rotatable bonds is 5. The van der Waals surface area contributed by atoms with Crippen LogP contribution in [0.3, 0.4) is 0 Å². The van der Waals surface area contributed by atoms with Crippen molar-refractivity contribution in [2.75, 3.05) is 18.9 Å². The van der Waals surface area contributed by atoms with Gasteiger partial charge in [-0.1, -0.05) is 12.1 Å². The van der Waals surface area contributed by atoms with Gasteiger partial charge in [-0.15, -0.1) is 0 Å². The fourth-order valence-electron chi connectivity index (χ4n) is 3.17. The number of allylic oxidation sites excluding steroid dienone is 2. The molecule has 0 radical (unpaired) electrons. The first kappa shape index (κ1) is 21.1. The highest BCUT2D eigenvalue weighted by molar-refractivity contribution is 5.90. The van der Waals surface area contributed by atoms with E-state index < -0.39 is 18.8 Å². The summed E-state index contributed by atoms with van der Waals surface area (Å²) in [6.45, 7) is -1.40. The van der Waals surface area contributed by atoms with Crippen LogP contribution >= 0.6 is 0 Å².